The first-order valence-electron chi connectivity index (χ1n) is 6.09. The van der Waals surface area contributed by atoms with Crippen LogP contribution in [0.3, 0.4) is 0 Å². The third-order valence-corrected chi connectivity index (χ3v) is 3.02. The van der Waals surface area contributed by atoms with Gasteiger partial charge in [0.1, 0.15) is 0 Å². The Morgan fingerprint density at radius 1 is 1.14 bits per heavy atom. The van der Waals surface area contributed by atoms with Crippen molar-refractivity contribution in [2.45, 2.75) is 59.0 Å². The highest BCUT2D eigenvalue weighted by Gasteiger charge is 2.09. The lowest BCUT2D eigenvalue weighted by Crippen LogP contribution is -2.41. The Hall–Kier alpha value is -0.0800. The van der Waals surface area contributed by atoms with Crippen molar-refractivity contribution in [3.63, 3.8) is 0 Å². The van der Waals surface area contributed by atoms with Crippen LogP contribution in [0, 0.1) is 0 Å². The van der Waals surface area contributed by atoms with Gasteiger partial charge in [-0.3, -0.25) is 0 Å². The van der Waals surface area contributed by atoms with E-state index in [0.29, 0.717) is 12.1 Å². The lowest BCUT2D eigenvalue weighted by Gasteiger charge is -2.26. The molecule has 0 saturated heterocycles. The summed E-state index contributed by atoms with van der Waals surface area (Å²) in [5.41, 5.74) is 0. The van der Waals surface area contributed by atoms with Crippen LogP contribution in [-0.2, 0) is 0 Å². The van der Waals surface area contributed by atoms with Crippen LogP contribution in [0.5, 0.6) is 0 Å². The molecule has 0 aromatic rings. The minimum Gasteiger partial charge on any atom is -0.312 e. The second kappa shape index (κ2) is 8.25. The van der Waals surface area contributed by atoms with Gasteiger partial charge in [-0.15, -0.1) is 0 Å². The molecule has 0 aliphatic heterocycles. The van der Waals surface area contributed by atoms with E-state index in [1.165, 1.54) is 25.8 Å². The average molecular weight is 200 g/mol. The number of nitrogens with zero attached hydrogens (tertiary/aromatic N) is 1. The van der Waals surface area contributed by atoms with Crippen molar-refractivity contribution in [1.29, 1.82) is 0 Å². The van der Waals surface area contributed by atoms with Crippen LogP contribution in [0.1, 0.15) is 47.0 Å². The third kappa shape index (κ3) is 5.61. The topological polar surface area (TPSA) is 15.3 Å². The molecule has 0 aliphatic carbocycles. The van der Waals surface area contributed by atoms with Crippen molar-refractivity contribution in [3.05, 3.63) is 0 Å². The molecule has 86 valence electrons. The second-order valence-corrected chi connectivity index (χ2v) is 4.25. The number of hydrogen-bond donors (Lipinski definition) is 1. The van der Waals surface area contributed by atoms with Gasteiger partial charge in [-0.25, -0.2) is 0 Å². The van der Waals surface area contributed by atoms with Gasteiger partial charge >= 0.3 is 0 Å². The van der Waals surface area contributed by atoms with Gasteiger partial charge < -0.3 is 10.2 Å². The number of rotatable bonds is 8. The van der Waals surface area contributed by atoms with Crippen molar-refractivity contribution < 1.29 is 0 Å². The zero-order valence-corrected chi connectivity index (χ0v) is 10.6. The minimum absolute atomic E-state index is 0.649. The Bertz CT molecular complexity index is 121. The fraction of sp³-hybridized carbons (Fsp3) is 1.00. The highest BCUT2D eigenvalue weighted by Crippen LogP contribution is 1.99. The predicted molar refractivity (Wildman–Crippen MR) is 64.8 cm³/mol. The smallest absolute Gasteiger partial charge is 0.0189 e. The first-order chi connectivity index (χ1) is 6.65. The summed E-state index contributed by atoms with van der Waals surface area (Å²) in [4.78, 5) is 2.43. The molecule has 0 aliphatic rings. The van der Waals surface area contributed by atoms with Gasteiger partial charge in [0.2, 0.25) is 0 Å². The lowest BCUT2D eigenvalue weighted by atomic mass is 10.1. The van der Waals surface area contributed by atoms with Gasteiger partial charge in [-0.05, 0) is 39.8 Å². The molecule has 0 radical (unpaired) electrons. The Kier molecular flexibility index (Phi) is 8.20. The van der Waals surface area contributed by atoms with Crippen LogP contribution in [0.2, 0.25) is 0 Å². The molecule has 0 bridgehead atoms. The SMILES string of the molecule is CCCN(C)C(C)CNC(CC)CC. The molecule has 2 heteroatoms. The van der Waals surface area contributed by atoms with Crippen molar-refractivity contribution in [2.24, 2.45) is 0 Å². The third-order valence-electron chi connectivity index (χ3n) is 3.02. The summed E-state index contributed by atoms with van der Waals surface area (Å²) in [7, 11) is 2.21. The van der Waals surface area contributed by atoms with E-state index in [9.17, 15) is 0 Å². The molecular weight excluding hydrogens is 172 g/mol. The van der Waals surface area contributed by atoms with Gasteiger partial charge in [0.25, 0.3) is 0 Å². The number of hydrogen-bond acceptors (Lipinski definition) is 2. The van der Waals surface area contributed by atoms with Gasteiger partial charge in [-0.2, -0.15) is 0 Å². The van der Waals surface area contributed by atoms with E-state index >= 15 is 0 Å². The molecule has 0 rings (SSSR count). The maximum Gasteiger partial charge on any atom is 0.0189 e. The molecule has 0 spiro atoms. The zero-order valence-electron chi connectivity index (χ0n) is 10.6. The molecule has 0 amide bonds. The fourth-order valence-corrected chi connectivity index (χ4v) is 1.64. The first-order valence-corrected chi connectivity index (χ1v) is 6.09. The largest absolute Gasteiger partial charge is 0.312 e. The summed E-state index contributed by atoms with van der Waals surface area (Å²) >= 11 is 0. The Morgan fingerprint density at radius 2 is 1.71 bits per heavy atom. The molecule has 14 heavy (non-hydrogen) atoms. The Labute approximate surface area is 90.1 Å². The zero-order chi connectivity index (χ0) is 11.0. The molecule has 2 nitrogen and oxygen atoms in total. The minimum atomic E-state index is 0.649. The molecule has 1 N–H and O–H groups in total. The predicted octanol–water partition coefficient (Wildman–Crippen LogP) is 2.49. The van der Waals surface area contributed by atoms with Crippen LogP contribution in [-0.4, -0.2) is 37.1 Å². The van der Waals surface area contributed by atoms with Crippen molar-refractivity contribution in [1.82, 2.24) is 10.2 Å². The van der Waals surface area contributed by atoms with E-state index in [0.717, 1.165) is 6.54 Å². The van der Waals surface area contributed by atoms with Crippen LogP contribution in [0.4, 0.5) is 0 Å². The lowest BCUT2D eigenvalue weighted by molar-refractivity contribution is 0.243. The number of nitrogens with one attached hydrogen (secondary N) is 1. The first kappa shape index (κ1) is 13.9. The van der Waals surface area contributed by atoms with Gasteiger partial charge in [0.15, 0.2) is 0 Å². The Balaban J connectivity index is 3.65. The van der Waals surface area contributed by atoms with Crippen LogP contribution in [0.25, 0.3) is 0 Å². The fourth-order valence-electron chi connectivity index (χ4n) is 1.64. The van der Waals surface area contributed by atoms with Crippen molar-refractivity contribution in [2.75, 3.05) is 20.1 Å². The Morgan fingerprint density at radius 3 is 2.14 bits per heavy atom. The molecule has 1 unspecified atom stereocenters. The van der Waals surface area contributed by atoms with Gasteiger partial charge in [-0.1, -0.05) is 20.8 Å². The summed E-state index contributed by atoms with van der Waals surface area (Å²) in [5, 5.41) is 3.62. The van der Waals surface area contributed by atoms with E-state index in [1.807, 2.05) is 0 Å². The van der Waals surface area contributed by atoms with Crippen LogP contribution >= 0.6 is 0 Å². The van der Waals surface area contributed by atoms with Crippen LogP contribution in [0.15, 0.2) is 0 Å². The maximum absolute atomic E-state index is 3.62. The summed E-state index contributed by atoms with van der Waals surface area (Å²) in [5.74, 6) is 0. The van der Waals surface area contributed by atoms with Crippen LogP contribution < -0.4 is 5.32 Å². The van der Waals surface area contributed by atoms with Crippen molar-refractivity contribution in [3.8, 4) is 0 Å². The summed E-state index contributed by atoms with van der Waals surface area (Å²) in [6.45, 7) is 11.3. The average Bonchev–Trinajstić information content (AvgIpc) is 2.19. The molecule has 1 atom stereocenters. The van der Waals surface area contributed by atoms with E-state index in [2.05, 4.69) is 45.0 Å². The van der Waals surface area contributed by atoms with Gasteiger partial charge in [0.05, 0.1) is 0 Å². The molecular formula is C12H28N2. The maximum atomic E-state index is 3.62. The van der Waals surface area contributed by atoms with E-state index in [-0.39, 0.29) is 0 Å². The monoisotopic (exact) mass is 200 g/mol. The molecule has 0 aromatic heterocycles. The van der Waals surface area contributed by atoms with Gasteiger partial charge in [0, 0.05) is 18.6 Å². The summed E-state index contributed by atoms with van der Waals surface area (Å²) in [6, 6.07) is 1.35. The standard InChI is InChI=1S/C12H28N2/c1-6-9-14(5)11(4)10-13-12(7-2)8-3/h11-13H,6-10H2,1-5H3. The van der Waals surface area contributed by atoms with Crippen molar-refractivity contribution >= 4 is 0 Å². The highest BCUT2D eigenvalue weighted by atomic mass is 15.1. The number of likely N-dealkylation sites (N-methyl/N-ethyl adjacent to an activating group) is 1. The summed E-state index contributed by atoms with van der Waals surface area (Å²) < 4.78 is 0. The molecule has 0 heterocycles. The second-order valence-electron chi connectivity index (χ2n) is 4.25. The molecule has 0 aromatic carbocycles. The normalized spacial score (nSPS) is 13.9. The quantitative estimate of drug-likeness (QED) is 0.647. The van der Waals surface area contributed by atoms with E-state index in [1.54, 1.807) is 0 Å². The highest BCUT2D eigenvalue weighted by molar-refractivity contribution is 4.70. The summed E-state index contributed by atoms with van der Waals surface area (Å²) in [6.07, 6.45) is 3.72. The van der Waals surface area contributed by atoms with E-state index in [4.69, 9.17) is 0 Å². The molecule has 0 fully saturated rings. The van der Waals surface area contributed by atoms with E-state index < -0.39 is 0 Å². The molecule has 0 saturated carbocycles.